The normalized spacial score (nSPS) is 51.8. The van der Waals surface area contributed by atoms with Crippen molar-refractivity contribution in [2.75, 3.05) is 40.1 Å². The predicted molar refractivity (Wildman–Crippen MR) is 141 cm³/mol. The summed E-state index contributed by atoms with van der Waals surface area (Å²) in [5.41, 5.74) is 0. The molecule has 21 nitrogen and oxygen atoms in total. The first-order valence-electron chi connectivity index (χ1n) is 15.0. The highest BCUT2D eigenvalue weighted by atomic mass is 16.8. The number of hydrogen-bond acceptors (Lipinski definition) is 21. The van der Waals surface area contributed by atoms with Crippen LogP contribution in [0.15, 0.2) is 0 Å². The Morgan fingerprint density at radius 3 is 1.32 bits per heavy atom. The van der Waals surface area contributed by atoms with Crippen LogP contribution in [0.4, 0.5) is 0 Å². The quantitative estimate of drug-likeness (QED) is 0.0805. The van der Waals surface area contributed by atoms with Gasteiger partial charge >= 0.3 is 0 Å². The van der Waals surface area contributed by atoms with E-state index in [1.54, 1.807) is 0 Å². The van der Waals surface area contributed by atoms with E-state index in [0.29, 0.717) is 0 Å². The second kappa shape index (κ2) is 16.0. The summed E-state index contributed by atoms with van der Waals surface area (Å²) in [6.45, 7) is -2.86. The first-order chi connectivity index (χ1) is 22.4. The molecule has 21 heteroatoms. The third kappa shape index (κ3) is 7.61. The van der Waals surface area contributed by atoms with E-state index in [0.717, 1.165) is 0 Å². The van der Waals surface area contributed by atoms with E-state index in [4.69, 9.17) is 47.4 Å². The van der Waals surface area contributed by atoms with Crippen molar-refractivity contribution in [1.82, 2.24) is 0 Å². The Morgan fingerprint density at radius 1 is 0.404 bits per heavy atom. The first kappa shape index (κ1) is 37.4. The van der Waals surface area contributed by atoms with Gasteiger partial charge in [0.1, 0.15) is 91.6 Å². The molecule has 0 aromatic rings. The van der Waals surface area contributed by atoms with E-state index < -0.39 is 156 Å². The molecule has 274 valence electrons. The summed E-state index contributed by atoms with van der Waals surface area (Å²) in [5, 5.41) is 112. The molecule has 5 heterocycles. The fourth-order valence-electron chi connectivity index (χ4n) is 5.97. The van der Waals surface area contributed by atoms with Gasteiger partial charge in [-0.05, 0) is 0 Å². The van der Waals surface area contributed by atoms with Crippen molar-refractivity contribution in [2.24, 2.45) is 0 Å². The Kier molecular flexibility index (Phi) is 12.7. The highest BCUT2D eigenvalue weighted by molar-refractivity contribution is 4.95. The molecule has 11 N–H and O–H groups in total. The summed E-state index contributed by atoms with van der Waals surface area (Å²) < 4.78 is 55.3. The number of hydrogen-bond donors (Lipinski definition) is 11. The van der Waals surface area contributed by atoms with E-state index in [1.807, 2.05) is 0 Å². The van der Waals surface area contributed by atoms with Gasteiger partial charge in [-0.25, -0.2) is 0 Å². The maximum atomic E-state index is 11.1. The van der Waals surface area contributed by atoms with Crippen LogP contribution < -0.4 is 0 Å². The summed E-state index contributed by atoms with van der Waals surface area (Å²) in [6, 6.07) is 0. The summed E-state index contributed by atoms with van der Waals surface area (Å²) >= 11 is 0. The Hall–Kier alpha value is -0.840. The van der Waals surface area contributed by atoms with Crippen LogP contribution in [0.5, 0.6) is 0 Å². The van der Waals surface area contributed by atoms with Gasteiger partial charge in [0.15, 0.2) is 31.5 Å². The Bertz CT molecular complexity index is 981. The number of rotatable bonds is 14. The Labute approximate surface area is 267 Å². The van der Waals surface area contributed by atoms with E-state index in [2.05, 4.69) is 0 Å². The zero-order valence-electron chi connectivity index (χ0n) is 25.1. The molecule has 0 aromatic heterocycles. The van der Waals surface area contributed by atoms with Crippen molar-refractivity contribution < 1.29 is 104 Å². The van der Waals surface area contributed by atoms with Gasteiger partial charge in [-0.3, -0.25) is 0 Å². The molecular weight excluding hydrogens is 648 g/mol. The molecule has 5 saturated heterocycles. The van der Waals surface area contributed by atoms with Gasteiger partial charge in [0.25, 0.3) is 0 Å². The van der Waals surface area contributed by atoms with Crippen LogP contribution in [-0.2, 0) is 47.4 Å². The lowest BCUT2D eigenvalue weighted by molar-refractivity contribution is -0.258. The molecular formula is C26H44O21. The van der Waals surface area contributed by atoms with Crippen LogP contribution in [0.3, 0.4) is 0 Å². The molecule has 0 aromatic carbocycles. The van der Waals surface area contributed by atoms with Gasteiger partial charge in [0, 0.05) is 7.11 Å². The standard InChI is InChI=1S/C26H44O21/c1-38-22-16(34)14(32)10(44-22)5-39-23-19(37)20(46-24-17(35)12(30)7(2-27)41-24)11(45-23)6-40-26-21(15(33)9(4-29)43-26)47-25-18(36)13(31)8(3-28)42-25/h7-37H,2-6H2,1H3/t7-,8-,9-,10-,11-,12-,13-,14-,15-,16+,17+,18+,19+,20-,21+,22+,23+,24-,25+,26+/m1/s1. The Morgan fingerprint density at radius 2 is 0.809 bits per heavy atom. The predicted octanol–water partition coefficient (Wildman–Crippen LogP) is -8.07. The minimum Gasteiger partial charge on any atom is -0.394 e. The van der Waals surface area contributed by atoms with E-state index >= 15 is 0 Å². The molecule has 0 radical (unpaired) electrons. The molecule has 5 fully saturated rings. The molecule has 0 saturated carbocycles. The highest BCUT2D eigenvalue weighted by Crippen LogP contribution is 2.34. The van der Waals surface area contributed by atoms with Crippen LogP contribution >= 0.6 is 0 Å². The third-order valence-electron chi connectivity index (χ3n) is 8.75. The average Bonchev–Trinajstić information content (AvgIpc) is 3.79. The molecule has 5 aliphatic rings. The van der Waals surface area contributed by atoms with Gasteiger partial charge in [-0.2, -0.15) is 0 Å². The minimum atomic E-state index is -1.64. The number of ether oxygens (including phenoxy) is 10. The van der Waals surface area contributed by atoms with E-state index in [-0.39, 0.29) is 0 Å². The second-order valence-corrected chi connectivity index (χ2v) is 11.8. The topological polar surface area (TPSA) is 315 Å². The first-order valence-corrected chi connectivity index (χ1v) is 15.0. The zero-order valence-corrected chi connectivity index (χ0v) is 25.1. The highest BCUT2D eigenvalue weighted by Gasteiger charge is 2.54. The lowest BCUT2D eigenvalue weighted by Gasteiger charge is -2.28. The van der Waals surface area contributed by atoms with Gasteiger partial charge in [-0.15, -0.1) is 0 Å². The molecule has 5 rings (SSSR count). The SMILES string of the molecule is CO[C@H]1O[C@H](CO[C@H]2O[C@H](CO[C@H]3O[C@H](CO)[C@@H](O)[C@@H]3O[C@@H]3O[C@H](CO)[C@@H](O)[C@@H]3O)[C@@H](O[C@H]3O[C@H](CO)[C@@H](O)[C@@H]3O)[C@@H]2O)[C@@H](O)[C@@H]1O. The lowest BCUT2D eigenvalue weighted by atomic mass is 10.1. The number of aliphatic hydroxyl groups is 11. The summed E-state index contributed by atoms with van der Waals surface area (Å²) in [4.78, 5) is 0. The lowest BCUT2D eigenvalue weighted by Crippen LogP contribution is -2.46. The molecule has 20 atom stereocenters. The molecule has 5 aliphatic heterocycles. The van der Waals surface area contributed by atoms with Crippen LogP contribution in [0.1, 0.15) is 0 Å². The van der Waals surface area contributed by atoms with Crippen molar-refractivity contribution >= 4 is 0 Å². The molecule has 0 unspecified atom stereocenters. The molecule has 0 aliphatic carbocycles. The fourth-order valence-corrected chi connectivity index (χ4v) is 5.97. The minimum absolute atomic E-state index is 0.398. The van der Waals surface area contributed by atoms with Gasteiger partial charge < -0.3 is 104 Å². The van der Waals surface area contributed by atoms with Crippen molar-refractivity contribution in [3.8, 4) is 0 Å². The third-order valence-corrected chi connectivity index (χ3v) is 8.75. The summed E-state index contributed by atoms with van der Waals surface area (Å²) in [6.07, 6.45) is -28.1. The monoisotopic (exact) mass is 692 g/mol. The number of methoxy groups -OCH3 is 1. The largest absolute Gasteiger partial charge is 0.394 e. The van der Waals surface area contributed by atoms with Crippen molar-refractivity contribution in [2.45, 2.75) is 123 Å². The van der Waals surface area contributed by atoms with Crippen LogP contribution in [-0.4, -0.2) is 219 Å². The van der Waals surface area contributed by atoms with Crippen LogP contribution in [0.25, 0.3) is 0 Å². The van der Waals surface area contributed by atoms with Crippen LogP contribution in [0, 0.1) is 0 Å². The average molecular weight is 693 g/mol. The zero-order chi connectivity index (χ0) is 34.2. The van der Waals surface area contributed by atoms with E-state index in [9.17, 15) is 56.2 Å². The summed E-state index contributed by atoms with van der Waals surface area (Å²) in [7, 11) is 1.27. The van der Waals surface area contributed by atoms with Gasteiger partial charge in [-0.1, -0.05) is 0 Å². The number of aliphatic hydroxyl groups excluding tert-OH is 11. The second-order valence-electron chi connectivity index (χ2n) is 11.8. The Balaban J connectivity index is 1.27. The molecule has 0 bridgehead atoms. The van der Waals surface area contributed by atoms with Crippen molar-refractivity contribution in [3.05, 3.63) is 0 Å². The van der Waals surface area contributed by atoms with Crippen LogP contribution in [0.2, 0.25) is 0 Å². The van der Waals surface area contributed by atoms with Crippen molar-refractivity contribution in [1.29, 1.82) is 0 Å². The summed E-state index contributed by atoms with van der Waals surface area (Å²) in [5.74, 6) is 0. The fraction of sp³-hybridized carbons (Fsp3) is 1.00. The van der Waals surface area contributed by atoms with Gasteiger partial charge in [0.2, 0.25) is 0 Å². The van der Waals surface area contributed by atoms with Crippen molar-refractivity contribution in [3.63, 3.8) is 0 Å². The van der Waals surface area contributed by atoms with E-state index in [1.165, 1.54) is 7.11 Å². The molecule has 0 spiro atoms. The smallest absolute Gasteiger partial charge is 0.187 e. The maximum absolute atomic E-state index is 11.1. The maximum Gasteiger partial charge on any atom is 0.187 e. The van der Waals surface area contributed by atoms with Gasteiger partial charge in [0.05, 0.1) is 33.0 Å². The molecule has 0 amide bonds. The molecule has 47 heavy (non-hydrogen) atoms.